The SMILES string of the molecule is Cc1ccc(SCc2cccnc2)cc1-c1ccccc1. The second-order valence-electron chi connectivity index (χ2n) is 4.99. The molecule has 0 amide bonds. The predicted molar refractivity (Wildman–Crippen MR) is 90.4 cm³/mol. The molecule has 0 aliphatic rings. The Morgan fingerprint density at radius 3 is 2.57 bits per heavy atom. The average Bonchev–Trinajstić information content (AvgIpc) is 2.56. The second-order valence-corrected chi connectivity index (χ2v) is 6.04. The van der Waals surface area contributed by atoms with Crippen molar-refractivity contribution in [2.75, 3.05) is 0 Å². The first-order chi connectivity index (χ1) is 10.3. The van der Waals surface area contributed by atoms with E-state index in [2.05, 4.69) is 66.5 Å². The Morgan fingerprint density at radius 2 is 1.81 bits per heavy atom. The lowest BCUT2D eigenvalue weighted by Crippen LogP contribution is -1.86. The van der Waals surface area contributed by atoms with E-state index in [4.69, 9.17) is 0 Å². The van der Waals surface area contributed by atoms with Crippen molar-refractivity contribution in [3.63, 3.8) is 0 Å². The van der Waals surface area contributed by atoms with Gasteiger partial charge in [0.15, 0.2) is 0 Å². The van der Waals surface area contributed by atoms with Gasteiger partial charge in [0.05, 0.1) is 0 Å². The van der Waals surface area contributed by atoms with Crippen molar-refractivity contribution in [1.29, 1.82) is 0 Å². The van der Waals surface area contributed by atoms with E-state index in [9.17, 15) is 0 Å². The summed E-state index contributed by atoms with van der Waals surface area (Å²) in [6.45, 7) is 2.16. The van der Waals surface area contributed by atoms with Gasteiger partial charge < -0.3 is 0 Å². The highest BCUT2D eigenvalue weighted by Crippen LogP contribution is 2.30. The van der Waals surface area contributed by atoms with Crippen LogP contribution in [-0.4, -0.2) is 4.98 Å². The first-order valence-electron chi connectivity index (χ1n) is 7.01. The van der Waals surface area contributed by atoms with Gasteiger partial charge >= 0.3 is 0 Å². The summed E-state index contributed by atoms with van der Waals surface area (Å²) >= 11 is 1.85. The molecule has 0 fully saturated rings. The third-order valence-corrected chi connectivity index (χ3v) is 4.49. The first kappa shape index (κ1) is 13.9. The number of nitrogens with zero attached hydrogens (tertiary/aromatic N) is 1. The maximum atomic E-state index is 4.16. The maximum Gasteiger partial charge on any atom is 0.0308 e. The van der Waals surface area contributed by atoms with Crippen LogP contribution in [0.25, 0.3) is 11.1 Å². The molecule has 0 spiro atoms. The van der Waals surface area contributed by atoms with Crippen LogP contribution in [0.15, 0.2) is 78.0 Å². The molecule has 2 aromatic carbocycles. The van der Waals surface area contributed by atoms with Crippen molar-refractivity contribution in [3.8, 4) is 11.1 Å². The average molecular weight is 291 g/mol. The Bertz CT molecular complexity index is 708. The van der Waals surface area contributed by atoms with Gasteiger partial charge in [0.25, 0.3) is 0 Å². The van der Waals surface area contributed by atoms with Crippen molar-refractivity contribution in [1.82, 2.24) is 4.98 Å². The smallest absolute Gasteiger partial charge is 0.0308 e. The third-order valence-electron chi connectivity index (χ3n) is 3.42. The minimum absolute atomic E-state index is 0.950. The van der Waals surface area contributed by atoms with E-state index in [-0.39, 0.29) is 0 Å². The topological polar surface area (TPSA) is 12.9 Å². The zero-order chi connectivity index (χ0) is 14.5. The number of aromatic nitrogens is 1. The van der Waals surface area contributed by atoms with E-state index in [0.717, 1.165) is 5.75 Å². The fourth-order valence-electron chi connectivity index (χ4n) is 2.27. The summed E-state index contributed by atoms with van der Waals surface area (Å²) in [5.41, 5.74) is 5.15. The summed E-state index contributed by atoms with van der Waals surface area (Å²) in [4.78, 5) is 5.46. The Morgan fingerprint density at radius 1 is 0.952 bits per heavy atom. The lowest BCUT2D eigenvalue weighted by Gasteiger charge is -2.09. The highest BCUT2D eigenvalue weighted by atomic mass is 32.2. The quantitative estimate of drug-likeness (QED) is 0.601. The van der Waals surface area contributed by atoms with Gasteiger partial charge in [0.2, 0.25) is 0 Å². The predicted octanol–water partition coefficient (Wildman–Crippen LogP) is 5.35. The Kier molecular flexibility index (Phi) is 4.37. The van der Waals surface area contributed by atoms with E-state index in [0.29, 0.717) is 0 Å². The molecule has 1 nitrogen and oxygen atoms in total. The Hall–Kier alpha value is -2.06. The molecule has 0 N–H and O–H groups in total. The van der Waals surface area contributed by atoms with Gasteiger partial charge in [-0.05, 0) is 47.4 Å². The summed E-state index contributed by atoms with van der Waals surface area (Å²) in [5.74, 6) is 0.950. The van der Waals surface area contributed by atoms with Gasteiger partial charge in [-0.15, -0.1) is 11.8 Å². The van der Waals surface area contributed by atoms with Crippen molar-refractivity contribution in [2.24, 2.45) is 0 Å². The second kappa shape index (κ2) is 6.59. The minimum Gasteiger partial charge on any atom is -0.264 e. The summed E-state index contributed by atoms with van der Waals surface area (Å²) in [6, 6.07) is 21.3. The van der Waals surface area contributed by atoms with Gasteiger partial charge in [0, 0.05) is 23.0 Å². The highest BCUT2D eigenvalue weighted by molar-refractivity contribution is 7.98. The van der Waals surface area contributed by atoms with E-state index >= 15 is 0 Å². The molecule has 0 unspecified atom stereocenters. The molecule has 0 radical (unpaired) electrons. The van der Waals surface area contributed by atoms with Crippen molar-refractivity contribution >= 4 is 11.8 Å². The number of hydrogen-bond donors (Lipinski definition) is 0. The molecule has 1 aromatic heterocycles. The van der Waals surface area contributed by atoms with Gasteiger partial charge in [-0.3, -0.25) is 4.98 Å². The molecule has 0 aliphatic carbocycles. The van der Waals surface area contributed by atoms with Gasteiger partial charge in [-0.2, -0.15) is 0 Å². The lowest BCUT2D eigenvalue weighted by molar-refractivity contribution is 1.25. The number of aryl methyl sites for hydroxylation is 1. The third kappa shape index (κ3) is 3.53. The fourth-order valence-corrected chi connectivity index (χ4v) is 3.14. The number of hydrogen-bond acceptors (Lipinski definition) is 2. The van der Waals surface area contributed by atoms with Crippen LogP contribution in [0.4, 0.5) is 0 Å². The molecule has 1 heterocycles. The molecule has 2 heteroatoms. The van der Waals surface area contributed by atoms with Crippen LogP contribution in [0.5, 0.6) is 0 Å². The number of rotatable bonds is 4. The summed E-state index contributed by atoms with van der Waals surface area (Å²) in [5, 5.41) is 0. The standard InChI is InChI=1S/C19H17NS/c1-15-9-10-18(21-14-16-6-5-11-20-13-16)12-19(15)17-7-3-2-4-8-17/h2-13H,14H2,1H3. The van der Waals surface area contributed by atoms with Gasteiger partial charge in [-0.1, -0.05) is 42.5 Å². The van der Waals surface area contributed by atoms with E-state index in [1.54, 1.807) is 0 Å². The van der Waals surface area contributed by atoms with Crippen LogP contribution in [-0.2, 0) is 5.75 Å². The van der Waals surface area contributed by atoms with Crippen LogP contribution in [0.3, 0.4) is 0 Å². The molecular formula is C19H17NS. The summed E-state index contributed by atoms with van der Waals surface area (Å²) in [7, 11) is 0. The van der Waals surface area contributed by atoms with Crippen molar-refractivity contribution in [2.45, 2.75) is 17.6 Å². The molecule has 3 rings (SSSR count). The Balaban J connectivity index is 1.81. The van der Waals surface area contributed by atoms with Crippen LogP contribution in [0.1, 0.15) is 11.1 Å². The van der Waals surface area contributed by atoms with Crippen molar-refractivity contribution < 1.29 is 0 Å². The van der Waals surface area contributed by atoms with Crippen LogP contribution < -0.4 is 0 Å². The fraction of sp³-hybridized carbons (Fsp3) is 0.105. The van der Waals surface area contributed by atoms with Crippen LogP contribution >= 0.6 is 11.8 Å². The zero-order valence-corrected chi connectivity index (χ0v) is 12.8. The number of benzene rings is 2. The van der Waals surface area contributed by atoms with E-state index in [1.165, 1.54) is 27.1 Å². The Labute approximate surface area is 130 Å². The lowest BCUT2D eigenvalue weighted by atomic mass is 10.0. The molecule has 0 bridgehead atoms. The molecule has 0 aliphatic heterocycles. The van der Waals surface area contributed by atoms with Gasteiger partial charge in [-0.25, -0.2) is 0 Å². The van der Waals surface area contributed by atoms with E-state index < -0.39 is 0 Å². The minimum atomic E-state index is 0.950. The summed E-state index contributed by atoms with van der Waals surface area (Å²) < 4.78 is 0. The molecule has 0 atom stereocenters. The molecule has 0 saturated carbocycles. The zero-order valence-electron chi connectivity index (χ0n) is 12.0. The normalized spacial score (nSPS) is 10.5. The molecule has 3 aromatic rings. The van der Waals surface area contributed by atoms with E-state index in [1.807, 2.05) is 30.2 Å². The summed E-state index contributed by atoms with van der Waals surface area (Å²) in [6.07, 6.45) is 3.74. The molecule has 0 saturated heterocycles. The highest BCUT2D eigenvalue weighted by Gasteiger charge is 2.04. The number of pyridine rings is 1. The molecule has 21 heavy (non-hydrogen) atoms. The maximum absolute atomic E-state index is 4.16. The van der Waals surface area contributed by atoms with Crippen LogP contribution in [0, 0.1) is 6.92 Å². The van der Waals surface area contributed by atoms with Crippen LogP contribution in [0.2, 0.25) is 0 Å². The number of thioether (sulfide) groups is 1. The molecular weight excluding hydrogens is 274 g/mol. The largest absolute Gasteiger partial charge is 0.264 e. The van der Waals surface area contributed by atoms with Crippen molar-refractivity contribution in [3.05, 3.63) is 84.2 Å². The monoisotopic (exact) mass is 291 g/mol. The molecule has 104 valence electrons. The van der Waals surface area contributed by atoms with Gasteiger partial charge in [0.1, 0.15) is 0 Å². The first-order valence-corrected chi connectivity index (χ1v) is 7.99.